The average molecular weight is 231 g/mol. The molecule has 1 aliphatic heterocycles. The quantitative estimate of drug-likeness (QED) is 0.829. The molecule has 3 heterocycles. The summed E-state index contributed by atoms with van der Waals surface area (Å²) in [5.41, 5.74) is 2.25. The molecule has 1 atom stereocenters. The number of hydrogen-bond donors (Lipinski definition) is 1. The summed E-state index contributed by atoms with van der Waals surface area (Å²) in [4.78, 5) is 6.63. The van der Waals surface area contributed by atoms with E-state index in [9.17, 15) is 0 Å². The fourth-order valence-electron chi connectivity index (χ4n) is 2.49. The third-order valence-electron chi connectivity index (χ3n) is 3.62. The molecule has 2 aromatic heterocycles. The van der Waals surface area contributed by atoms with Crippen molar-refractivity contribution in [2.75, 3.05) is 25.0 Å². The maximum Gasteiger partial charge on any atom is 0.0883 e. The molecule has 90 valence electrons. The van der Waals surface area contributed by atoms with Gasteiger partial charge in [-0.3, -0.25) is 9.67 Å². The van der Waals surface area contributed by atoms with Gasteiger partial charge in [0.25, 0.3) is 0 Å². The second kappa shape index (κ2) is 4.00. The summed E-state index contributed by atoms with van der Waals surface area (Å²) >= 11 is 0. The minimum Gasteiger partial charge on any atom is -0.368 e. The van der Waals surface area contributed by atoms with Gasteiger partial charge in [-0.1, -0.05) is 0 Å². The number of hydrogen-bond acceptors (Lipinski definition) is 4. The number of fused-ring (bicyclic) bond motifs is 1. The van der Waals surface area contributed by atoms with Crippen LogP contribution in [0.5, 0.6) is 0 Å². The van der Waals surface area contributed by atoms with E-state index in [4.69, 9.17) is 0 Å². The maximum absolute atomic E-state index is 4.32. The van der Waals surface area contributed by atoms with E-state index in [1.54, 1.807) is 0 Å². The van der Waals surface area contributed by atoms with E-state index in [2.05, 4.69) is 27.3 Å². The molecule has 2 aromatic rings. The van der Waals surface area contributed by atoms with Crippen molar-refractivity contribution in [3.63, 3.8) is 0 Å². The SMILES string of the molecule is CN(c1cncc2c1cnn2C)C1CCNC1. The molecule has 5 heteroatoms. The molecule has 0 amide bonds. The van der Waals surface area contributed by atoms with Gasteiger partial charge in [-0.15, -0.1) is 0 Å². The van der Waals surface area contributed by atoms with Gasteiger partial charge in [0.15, 0.2) is 0 Å². The lowest BCUT2D eigenvalue weighted by atomic mass is 10.2. The first kappa shape index (κ1) is 10.5. The van der Waals surface area contributed by atoms with Gasteiger partial charge >= 0.3 is 0 Å². The van der Waals surface area contributed by atoms with Crippen molar-refractivity contribution in [3.05, 3.63) is 18.6 Å². The number of aromatic nitrogens is 3. The Kier molecular flexibility index (Phi) is 2.48. The fourth-order valence-corrected chi connectivity index (χ4v) is 2.49. The molecule has 0 radical (unpaired) electrons. The molecule has 0 bridgehead atoms. The number of aryl methyl sites for hydroxylation is 1. The summed E-state index contributed by atoms with van der Waals surface area (Å²) in [5.74, 6) is 0. The Morgan fingerprint density at radius 2 is 2.29 bits per heavy atom. The van der Waals surface area contributed by atoms with Crippen LogP contribution < -0.4 is 10.2 Å². The van der Waals surface area contributed by atoms with E-state index >= 15 is 0 Å². The zero-order chi connectivity index (χ0) is 11.8. The minimum atomic E-state index is 0.558. The van der Waals surface area contributed by atoms with Crippen LogP contribution in [0, 0.1) is 0 Å². The van der Waals surface area contributed by atoms with Crippen LogP contribution in [0.1, 0.15) is 6.42 Å². The zero-order valence-electron chi connectivity index (χ0n) is 10.2. The van der Waals surface area contributed by atoms with Gasteiger partial charge in [0, 0.05) is 32.1 Å². The standard InChI is InChI=1S/C12H17N5/c1-16(9-3-4-13-5-9)11-7-14-8-12-10(11)6-15-17(12)2/h6-9,13H,3-5H2,1-2H3. The summed E-state index contributed by atoms with van der Waals surface area (Å²) in [6.45, 7) is 2.15. The highest BCUT2D eigenvalue weighted by Crippen LogP contribution is 2.26. The van der Waals surface area contributed by atoms with Crippen LogP contribution in [-0.4, -0.2) is 40.9 Å². The van der Waals surface area contributed by atoms with Crippen LogP contribution in [0.3, 0.4) is 0 Å². The number of likely N-dealkylation sites (N-methyl/N-ethyl adjacent to an activating group) is 1. The third kappa shape index (κ3) is 1.67. The minimum absolute atomic E-state index is 0.558. The van der Waals surface area contributed by atoms with Gasteiger partial charge in [-0.05, 0) is 13.0 Å². The van der Waals surface area contributed by atoms with Gasteiger partial charge in [-0.25, -0.2) is 0 Å². The van der Waals surface area contributed by atoms with E-state index in [-0.39, 0.29) is 0 Å². The van der Waals surface area contributed by atoms with Crippen molar-refractivity contribution in [2.45, 2.75) is 12.5 Å². The fraction of sp³-hybridized carbons (Fsp3) is 0.500. The van der Waals surface area contributed by atoms with Crippen LogP contribution in [0.15, 0.2) is 18.6 Å². The van der Waals surface area contributed by atoms with Crippen molar-refractivity contribution in [1.82, 2.24) is 20.1 Å². The average Bonchev–Trinajstić information content (AvgIpc) is 2.98. The smallest absolute Gasteiger partial charge is 0.0883 e. The van der Waals surface area contributed by atoms with Crippen LogP contribution in [-0.2, 0) is 7.05 Å². The second-order valence-electron chi connectivity index (χ2n) is 4.62. The Balaban J connectivity index is 2.04. The summed E-state index contributed by atoms with van der Waals surface area (Å²) in [6, 6.07) is 0.558. The lowest BCUT2D eigenvalue weighted by Crippen LogP contribution is -2.33. The largest absolute Gasteiger partial charge is 0.368 e. The molecule has 1 fully saturated rings. The zero-order valence-corrected chi connectivity index (χ0v) is 10.2. The molecule has 1 unspecified atom stereocenters. The Hall–Kier alpha value is -1.62. The molecule has 1 aliphatic rings. The number of nitrogens with one attached hydrogen (secondary N) is 1. The first-order valence-corrected chi connectivity index (χ1v) is 5.96. The molecule has 0 aliphatic carbocycles. The van der Waals surface area contributed by atoms with Crippen LogP contribution in [0.4, 0.5) is 5.69 Å². The molecule has 0 saturated carbocycles. The lowest BCUT2D eigenvalue weighted by Gasteiger charge is -2.26. The Bertz CT molecular complexity index is 527. The van der Waals surface area contributed by atoms with E-state index in [1.807, 2.05) is 30.3 Å². The molecular formula is C12H17N5. The maximum atomic E-state index is 4.32. The van der Waals surface area contributed by atoms with Gasteiger partial charge in [0.2, 0.25) is 0 Å². The van der Waals surface area contributed by atoms with Crippen molar-refractivity contribution in [1.29, 1.82) is 0 Å². The number of anilines is 1. The summed E-state index contributed by atoms with van der Waals surface area (Å²) in [5, 5.41) is 8.87. The lowest BCUT2D eigenvalue weighted by molar-refractivity contribution is 0.686. The normalized spacial score (nSPS) is 20.0. The molecule has 3 rings (SSSR count). The van der Waals surface area contributed by atoms with E-state index < -0.39 is 0 Å². The van der Waals surface area contributed by atoms with Crippen molar-refractivity contribution >= 4 is 16.6 Å². The predicted octanol–water partition coefficient (Wildman–Crippen LogP) is 0.766. The molecule has 1 N–H and O–H groups in total. The van der Waals surface area contributed by atoms with Gasteiger partial charge in [0.1, 0.15) is 0 Å². The van der Waals surface area contributed by atoms with Crippen LogP contribution in [0.2, 0.25) is 0 Å². The molecule has 0 aromatic carbocycles. The molecule has 1 saturated heterocycles. The number of rotatable bonds is 2. The van der Waals surface area contributed by atoms with Crippen LogP contribution >= 0.6 is 0 Å². The summed E-state index contributed by atoms with van der Waals surface area (Å²) < 4.78 is 1.87. The summed E-state index contributed by atoms with van der Waals surface area (Å²) in [7, 11) is 4.09. The Morgan fingerprint density at radius 3 is 3.06 bits per heavy atom. The summed E-state index contributed by atoms with van der Waals surface area (Å²) in [6.07, 6.45) is 6.91. The number of nitrogens with zero attached hydrogens (tertiary/aromatic N) is 4. The molecule has 0 spiro atoms. The van der Waals surface area contributed by atoms with Crippen LogP contribution in [0.25, 0.3) is 10.9 Å². The Labute approximate surface area is 100 Å². The third-order valence-corrected chi connectivity index (χ3v) is 3.62. The van der Waals surface area contributed by atoms with Crippen molar-refractivity contribution in [2.24, 2.45) is 7.05 Å². The molecule has 17 heavy (non-hydrogen) atoms. The topological polar surface area (TPSA) is 46.0 Å². The van der Waals surface area contributed by atoms with E-state index in [0.29, 0.717) is 6.04 Å². The highest BCUT2D eigenvalue weighted by molar-refractivity contribution is 5.90. The van der Waals surface area contributed by atoms with Crippen molar-refractivity contribution < 1.29 is 0 Å². The number of pyridine rings is 1. The molecular weight excluding hydrogens is 214 g/mol. The van der Waals surface area contributed by atoms with Gasteiger partial charge < -0.3 is 10.2 Å². The van der Waals surface area contributed by atoms with Gasteiger partial charge in [-0.2, -0.15) is 5.10 Å². The molecule has 5 nitrogen and oxygen atoms in total. The monoisotopic (exact) mass is 231 g/mol. The highest BCUT2D eigenvalue weighted by Gasteiger charge is 2.21. The van der Waals surface area contributed by atoms with E-state index in [0.717, 1.165) is 18.6 Å². The second-order valence-corrected chi connectivity index (χ2v) is 4.62. The predicted molar refractivity (Wildman–Crippen MR) is 68.2 cm³/mol. The first-order chi connectivity index (χ1) is 8.27. The first-order valence-electron chi connectivity index (χ1n) is 5.96. The van der Waals surface area contributed by atoms with E-state index in [1.165, 1.54) is 17.5 Å². The van der Waals surface area contributed by atoms with Gasteiger partial charge in [0.05, 0.1) is 29.8 Å². The highest BCUT2D eigenvalue weighted by atomic mass is 15.3. The Morgan fingerprint density at radius 1 is 1.41 bits per heavy atom. The van der Waals surface area contributed by atoms with Crippen molar-refractivity contribution in [3.8, 4) is 0 Å².